The highest BCUT2D eigenvalue weighted by Crippen LogP contribution is 2.32. The summed E-state index contributed by atoms with van der Waals surface area (Å²) >= 11 is 5.74. The molecule has 0 atom stereocenters. The van der Waals surface area contributed by atoms with E-state index in [-0.39, 0.29) is 16.8 Å². The molecule has 0 radical (unpaired) electrons. The molecule has 90 valence electrons. The minimum absolute atomic E-state index is 0.107. The van der Waals surface area contributed by atoms with Crippen LogP contribution in [0.5, 0.6) is 11.6 Å². The molecule has 0 bridgehead atoms. The van der Waals surface area contributed by atoms with Crippen LogP contribution in [0.2, 0.25) is 5.15 Å². The average molecular weight is 261 g/mol. The van der Waals surface area contributed by atoms with Crippen molar-refractivity contribution in [1.29, 1.82) is 0 Å². The number of carbonyl (C=O) groups is 1. The van der Waals surface area contributed by atoms with Gasteiger partial charge in [-0.25, -0.2) is 0 Å². The first-order valence-electron chi connectivity index (χ1n) is 5.54. The number of ketones is 1. The van der Waals surface area contributed by atoms with Gasteiger partial charge in [0, 0.05) is 6.42 Å². The molecule has 0 amide bonds. The minimum atomic E-state index is 0.107. The SMILES string of the molecule is O=C1CCc2cccc(Oc3cncc(Cl)n3)c21. The number of Topliss-reactive ketones (excluding diaryl/α,β-unsaturated/α-hetero) is 1. The summed E-state index contributed by atoms with van der Waals surface area (Å²) in [7, 11) is 0. The fourth-order valence-corrected chi connectivity index (χ4v) is 2.19. The van der Waals surface area contributed by atoms with Crippen molar-refractivity contribution in [2.75, 3.05) is 0 Å². The van der Waals surface area contributed by atoms with E-state index in [4.69, 9.17) is 16.3 Å². The molecule has 1 aromatic heterocycles. The number of aryl methyl sites for hydroxylation is 1. The Kier molecular flexibility index (Phi) is 2.72. The molecule has 1 heterocycles. The van der Waals surface area contributed by atoms with E-state index in [1.165, 1.54) is 12.4 Å². The van der Waals surface area contributed by atoms with Gasteiger partial charge in [0.15, 0.2) is 10.9 Å². The third-order valence-corrected chi connectivity index (χ3v) is 2.99. The molecular weight excluding hydrogens is 252 g/mol. The fourth-order valence-electron chi connectivity index (χ4n) is 2.05. The number of rotatable bonds is 2. The van der Waals surface area contributed by atoms with Gasteiger partial charge in [0.1, 0.15) is 5.75 Å². The lowest BCUT2D eigenvalue weighted by Gasteiger charge is -2.08. The first kappa shape index (κ1) is 11.2. The van der Waals surface area contributed by atoms with Crippen LogP contribution < -0.4 is 4.74 Å². The van der Waals surface area contributed by atoms with E-state index in [9.17, 15) is 4.79 Å². The molecule has 0 unspecified atom stereocenters. The summed E-state index contributed by atoms with van der Waals surface area (Å²) in [4.78, 5) is 19.7. The van der Waals surface area contributed by atoms with Gasteiger partial charge in [0.05, 0.1) is 18.0 Å². The van der Waals surface area contributed by atoms with Gasteiger partial charge in [-0.3, -0.25) is 9.78 Å². The number of ether oxygens (including phenoxy) is 1. The summed E-state index contributed by atoms with van der Waals surface area (Å²) in [6.45, 7) is 0. The molecule has 0 saturated heterocycles. The number of benzene rings is 1. The second-order valence-corrected chi connectivity index (χ2v) is 4.38. The van der Waals surface area contributed by atoms with Gasteiger partial charge < -0.3 is 4.74 Å². The molecule has 18 heavy (non-hydrogen) atoms. The normalized spacial score (nSPS) is 13.5. The molecule has 4 nitrogen and oxygen atoms in total. The third-order valence-electron chi connectivity index (χ3n) is 2.81. The Morgan fingerprint density at radius 2 is 2.11 bits per heavy atom. The summed E-state index contributed by atoms with van der Waals surface area (Å²) < 4.78 is 5.59. The quantitative estimate of drug-likeness (QED) is 0.833. The highest BCUT2D eigenvalue weighted by molar-refractivity contribution is 6.29. The largest absolute Gasteiger partial charge is 0.437 e. The number of nitrogens with zero attached hydrogens (tertiary/aromatic N) is 2. The first-order valence-corrected chi connectivity index (χ1v) is 5.92. The van der Waals surface area contributed by atoms with Crippen molar-refractivity contribution in [3.05, 3.63) is 46.9 Å². The zero-order chi connectivity index (χ0) is 12.5. The van der Waals surface area contributed by atoms with Crippen LogP contribution in [0.25, 0.3) is 0 Å². The van der Waals surface area contributed by atoms with E-state index in [1.807, 2.05) is 12.1 Å². The molecule has 1 aliphatic rings. The van der Waals surface area contributed by atoms with Crippen molar-refractivity contribution in [3.8, 4) is 11.6 Å². The van der Waals surface area contributed by atoms with Crippen molar-refractivity contribution in [2.24, 2.45) is 0 Å². The molecule has 0 saturated carbocycles. The van der Waals surface area contributed by atoms with Crippen molar-refractivity contribution in [2.45, 2.75) is 12.8 Å². The Morgan fingerprint density at radius 1 is 1.22 bits per heavy atom. The molecule has 1 aromatic carbocycles. The van der Waals surface area contributed by atoms with E-state index in [1.54, 1.807) is 6.07 Å². The Bertz CT molecular complexity index is 628. The van der Waals surface area contributed by atoms with Crippen LogP contribution in [0.15, 0.2) is 30.6 Å². The first-order chi connectivity index (χ1) is 8.74. The second-order valence-electron chi connectivity index (χ2n) is 4.00. The molecule has 0 spiro atoms. The maximum Gasteiger partial charge on any atom is 0.239 e. The highest BCUT2D eigenvalue weighted by Gasteiger charge is 2.23. The van der Waals surface area contributed by atoms with Crippen LogP contribution >= 0.6 is 11.6 Å². The van der Waals surface area contributed by atoms with Crippen LogP contribution in [0.3, 0.4) is 0 Å². The third kappa shape index (κ3) is 1.95. The predicted molar refractivity (Wildman–Crippen MR) is 66.2 cm³/mol. The molecule has 2 aromatic rings. The van der Waals surface area contributed by atoms with Gasteiger partial charge in [-0.1, -0.05) is 23.7 Å². The molecule has 0 fully saturated rings. The predicted octanol–water partition coefficient (Wildman–Crippen LogP) is 3.05. The summed E-state index contributed by atoms with van der Waals surface area (Å²) in [5, 5.41) is 0.256. The average Bonchev–Trinajstić information content (AvgIpc) is 2.72. The topological polar surface area (TPSA) is 52.1 Å². The number of hydrogen-bond donors (Lipinski definition) is 0. The summed E-state index contributed by atoms with van der Waals surface area (Å²) in [6, 6.07) is 5.56. The van der Waals surface area contributed by atoms with Gasteiger partial charge in [0.25, 0.3) is 0 Å². The van der Waals surface area contributed by atoms with Crippen molar-refractivity contribution >= 4 is 17.4 Å². The van der Waals surface area contributed by atoms with Gasteiger partial charge in [-0.2, -0.15) is 4.98 Å². The van der Waals surface area contributed by atoms with Gasteiger partial charge in [-0.15, -0.1) is 0 Å². The second kappa shape index (κ2) is 4.38. The lowest BCUT2D eigenvalue weighted by Crippen LogP contribution is -1.98. The Morgan fingerprint density at radius 3 is 2.94 bits per heavy atom. The number of aromatic nitrogens is 2. The van der Waals surface area contributed by atoms with Crippen molar-refractivity contribution in [1.82, 2.24) is 9.97 Å². The fraction of sp³-hybridized carbons (Fsp3) is 0.154. The van der Waals surface area contributed by atoms with Gasteiger partial charge in [0.2, 0.25) is 5.88 Å². The van der Waals surface area contributed by atoms with E-state index < -0.39 is 0 Å². The van der Waals surface area contributed by atoms with Gasteiger partial charge >= 0.3 is 0 Å². The Hall–Kier alpha value is -1.94. The Balaban J connectivity index is 1.99. The lowest BCUT2D eigenvalue weighted by atomic mass is 10.1. The minimum Gasteiger partial charge on any atom is -0.437 e. The van der Waals surface area contributed by atoms with Crippen LogP contribution in [-0.2, 0) is 6.42 Å². The highest BCUT2D eigenvalue weighted by atomic mass is 35.5. The van der Waals surface area contributed by atoms with Gasteiger partial charge in [-0.05, 0) is 18.1 Å². The number of carbonyl (C=O) groups excluding carboxylic acids is 1. The molecule has 1 aliphatic carbocycles. The summed E-state index contributed by atoms with van der Waals surface area (Å²) in [5.74, 6) is 0.915. The number of fused-ring (bicyclic) bond motifs is 1. The standard InChI is InChI=1S/C13H9ClN2O2/c14-11-6-15-7-12(16-11)18-10-3-1-2-8-4-5-9(17)13(8)10/h1-3,6-7H,4-5H2. The monoisotopic (exact) mass is 260 g/mol. The van der Waals surface area contributed by atoms with Crippen molar-refractivity contribution < 1.29 is 9.53 Å². The maximum atomic E-state index is 11.8. The summed E-state index contributed by atoms with van der Waals surface area (Å²) in [5.41, 5.74) is 1.67. The van der Waals surface area contributed by atoms with Crippen molar-refractivity contribution in [3.63, 3.8) is 0 Å². The van der Waals surface area contributed by atoms with Crippen LogP contribution in [0.1, 0.15) is 22.3 Å². The van der Waals surface area contributed by atoms with E-state index in [0.29, 0.717) is 17.7 Å². The number of halogens is 1. The van der Waals surface area contributed by atoms with Crippen LogP contribution in [0, 0.1) is 0 Å². The van der Waals surface area contributed by atoms with Crippen LogP contribution in [-0.4, -0.2) is 15.8 Å². The zero-order valence-electron chi connectivity index (χ0n) is 9.39. The summed E-state index contributed by atoms with van der Waals surface area (Å²) in [6.07, 6.45) is 4.20. The molecule has 5 heteroatoms. The lowest BCUT2D eigenvalue weighted by molar-refractivity contribution is 0.0992. The number of hydrogen-bond acceptors (Lipinski definition) is 4. The molecular formula is C13H9ClN2O2. The molecule has 0 N–H and O–H groups in total. The smallest absolute Gasteiger partial charge is 0.239 e. The van der Waals surface area contributed by atoms with E-state index >= 15 is 0 Å². The maximum absolute atomic E-state index is 11.8. The van der Waals surface area contributed by atoms with E-state index in [0.717, 1.165) is 12.0 Å². The Labute approximate surface area is 109 Å². The molecule has 0 aliphatic heterocycles. The van der Waals surface area contributed by atoms with Crippen LogP contribution in [0.4, 0.5) is 0 Å². The molecule has 3 rings (SSSR count). The zero-order valence-corrected chi connectivity index (χ0v) is 10.1. The van der Waals surface area contributed by atoms with E-state index in [2.05, 4.69) is 9.97 Å².